The Kier molecular flexibility index (Phi) is 6.25. The molecule has 0 radical (unpaired) electrons. The third-order valence-corrected chi connectivity index (χ3v) is 2.50. The number of unbranched alkanes of at least 4 members (excludes halogenated alkanes) is 2. The monoisotopic (exact) mass is 250 g/mol. The SMILES string of the molecule is CCCCCC(=O)NC(=S)Nc1ccccc1. The zero-order valence-electron chi connectivity index (χ0n) is 10.0. The highest BCUT2D eigenvalue weighted by molar-refractivity contribution is 7.80. The van der Waals surface area contributed by atoms with Crippen LogP contribution in [0.2, 0.25) is 0 Å². The number of carbonyl (C=O) groups excluding carboxylic acids is 1. The van der Waals surface area contributed by atoms with E-state index in [1.807, 2.05) is 30.3 Å². The second kappa shape index (κ2) is 7.79. The van der Waals surface area contributed by atoms with Gasteiger partial charge >= 0.3 is 0 Å². The molecule has 1 aromatic rings. The van der Waals surface area contributed by atoms with Crippen LogP contribution < -0.4 is 10.6 Å². The van der Waals surface area contributed by atoms with Gasteiger partial charge in [0.15, 0.2) is 5.11 Å². The molecule has 0 unspecified atom stereocenters. The molecule has 0 aliphatic rings. The number of para-hydroxylation sites is 1. The highest BCUT2D eigenvalue weighted by Gasteiger charge is 2.03. The van der Waals surface area contributed by atoms with Gasteiger partial charge in [-0.05, 0) is 30.8 Å². The van der Waals surface area contributed by atoms with E-state index in [1.165, 1.54) is 0 Å². The van der Waals surface area contributed by atoms with Gasteiger partial charge in [-0.1, -0.05) is 38.0 Å². The molecule has 0 aliphatic heterocycles. The number of thiocarbonyl (C=S) groups is 1. The van der Waals surface area contributed by atoms with E-state index < -0.39 is 0 Å². The van der Waals surface area contributed by atoms with Crippen molar-refractivity contribution in [3.05, 3.63) is 30.3 Å². The van der Waals surface area contributed by atoms with Gasteiger partial charge in [0.05, 0.1) is 0 Å². The van der Waals surface area contributed by atoms with Crippen LogP contribution in [0.1, 0.15) is 32.6 Å². The van der Waals surface area contributed by atoms with Crippen LogP contribution in [-0.4, -0.2) is 11.0 Å². The first-order valence-electron chi connectivity index (χ1n) is 5.88. The van der Waals surface area contributed by atoms with Gasteiger partial charge in [-0.15, -0.1) is 0 Å². The third-order valence-electron chi connectivity index (χ3n) is 2.29. The summed E-state index contributed by atoms with van der Waals surface area (Å²) < 4.78 is 0. The molecule has 2 N–H and O–H groups in total. The summed E-state index contributed by atoms with van der Waals surface area (Å²) in [6, 6.07) is 9.55. The molecule has 92 valence electrons. The van der Waals surface area contributed by atoms with E-state index in [0.717, 1.165) is 24.9 Å². The van der Waals surface area contributed by atoms with Crippen molar-refractivity contribution in [1.82, 2.24) is 5.32 Å². The standard InChI is InChI=1S/C13H18N2OS/c1-2-3-5-10-12(16)15-13(17)14-11-8-6-4-7-9-11/h4,6-9H,2-3,5,10H2,1H3,(H2,14,15,16,17). The van der Waals surface area contributed by atoms with Crippen LogP contribution in [0.25, 0.3) is 0 Å². The summed E-state index contributed by atoms with van der Waals surface area (Å²) in [7, 11) is 0. The number of anilines is 1. The van der Waals surface area contributed by atoms with Crippen LogP contribution >= 0.6 is 12.2 Å². The van der Waals surface area contributed by atoms with Crippen molar-refractivity contribution < 1.29 is 4.79 Å². The van der Waals surface area contributed by atoms with Gasteiger partial charge in [0.2, 0.25) is 5.91 Å². The molecule has 1 amide bonds. The van der Waals surface area contributed by atoms with Gasteiger partial charge in [-0.3, -0.25) is 4.79 Å². The first-order chi connectivity index (χ1) is 8.22. The lowest BCUT2D eigenvalue weighted by molar-refractivity contribution is -0.119. The summed E-state index contributed by atoms with van der Waals surface area (Å²) in [6.07, 6.45) is 3.63. The minimum atomic E-state index is -0.0214. The summed E-state index contributed by atoms with van der Waals surface area (Å²) in [5.41, 5.74) is 0.881. The van der Waals surface area contributed by atoms with Crippen molar-refractivity contribution in [2.24, 2.45) is 0 Å². The molecular formula is C13H18N2OS. The topological polar surface area (TPSA) is 41.1 Å². The normalized spacial score (nSPS) is 9.71. The van der Waals surface area contributed by atoms with Crippen LogP contribution in [0.3, 0.4) is 0 Å². The predicted molar refractivity (Wildman–Crippen MR) is 74.9 cm³/mol. The summed E-state index contributed by atoms with van der Waals surface area (Å²) in [4.78, 5) is 11.5. The molecule has 0 saturated carbocycles. The number of carbonyl (C=O) groups is 1. The second-order valence-corrected chi connectivity index (χ2v) is 4.23. The van der Waals surface area contributed by atoms with Crippen LogP contribution in [0.5, 0.6) is 0 Å². The Labute approximate surface area is 108 Å². The lowest BCUT2D eigenvalue weighted by atomic mass is 10.2. The van der Waals surface area contributed by atoms with Crippen molar-refractivity contribution in [2.75, 3.05) is 5.32 Å². The molecule has 17 heavy (non-hydrogen) atoms. The van der Waals surface area contributed by atoms with Crippen molar-refractivity contribution >= 4 is 28.9 Å². The van der Waals surface area contributed by atoms with Crippen LogP contribution in [0, 0.1) is 0 Å². The Morgan fingerprint density at radius 2 is 1.94 bits per heavy atom. The summed E-state index contributed by atoms with van der Waals surface area (Å²) >= 11 is 5.05. The molecule has 0 atom stereocenters. The molecule has 0 saturated heterocycles. The van der Waals surface area contributed by atoms with Gasteiger partial charge < -0.3 is 10.6 Å². The average molecular weight is 250 g/mol. The summed E-state index contributed by atoms with van der Waals surface area (Å²) in [5, 5.41) is 5.99. The summed E-state index contributed by atoms with van der Waals surface area (Å²) in [5.74, 6) is -0.0214. The highest BCUT2D eigenvalue weighted by atomic mass is 32.1. The van der Waals surface area contributed by atoms with E-state index in [-0.39, 0.29) is 5.91 Å². The number of hydrogen-bond acceptors (Lipinski definition) is 2. The Morgan fingerprint density at radius 1 is 1.24 bits per heavy atom. The molecule has 3 nitrogen and oxygen atoms in total. The zero-order chi connectivity index (χ0) is 12.5. The van der Waals surface area contributed by atoms with Crippen molar-refractivity contribution in [3.63, 3.8) is 0 Å². The molecule has 0 fully saturated rings. The molecular weight excluding hydrogens is 232 g/mol. The molecule has 4 heteroatoms. The maximum Gasteiger partial charge on any atom is 0.226 e. The van der Waals surface area contributed by atoms with E-state index in [9.17, 15) is 4.79 Å². The van der Waals surface area contributed by atoms with E-state index in [0.29, 0.717) is 11.5 Å². The third kappa shape index (κ3) is 6.02. The first kappa shape index (κ1) is 13.6. The molecule has 1 rings (SSSR count). The molecule has 0 aromatic heterocycles. The van der Waals surface area contributed by atoms with E-state index in [4.69, 9.17) is 12.2 Å². The lowest BCUT2D eigenvalue weighted by Crippen LogP contribution is -2.33. The number of hydrogen-bond donors (Lipinski definition) is 2. The van der Waals surface area contributed by atoms with Crippen molar-refractivity contribution in [1.29, 1.82) is 0 Å². The predicted octanol–water partition coefficient (Wildman–Crippen LogP) is 3.08. The van der Waals surface area contributed by atoms with Crippen molar-refractivity contribution in [3.8, 4) is 0 Å². The number of rotatable bonds is 5. The molecule has 0 heterocycles. The Hall–Kier alpha value is -1.42. The van der Waals surface area contributed by atoms with Crippen LogP contribution in [-0.2, 0) is 4.79 Å². The Morgan fingerprint density at radius 3 is 2.59 bits per heavy atom. The molecule has 0 spiro atoms. The molecule has 1 aromatic carbocycles. The van der Waals surface area contributed by atoms with Gasteiger partial charge in [-0.25, -0.2) is 0 Å². The smallest absolute Gasteiger partial charge is 0.226 e. The lowest BCUT2D eigenvalue weighted by Gasteiger charge is -2.09. The van der Waals surface area contributed by atoms with E-state index >= 15 is 0 Å². The number of amides is 1. The first-order valence-corrected chi connectivity index (χ1v) is 6.29. The Bertz CT molecular complexity index is 365. The maximum atomic E-state index is 11.5. The maximum absolute atomic E-state index is 11.5. The van der Waals surface area contributed by atoms with Crippen molar-refractivity contribution in [2.45, 2.75) is 32.6 Å². The van der Waals surface area contributed by atoms with Crippen LogP contribution in [0.15, 0.2) is 30.3 Å². The fourth-order valence-electron chi connectivity index (χ4n) is 1.41. The second-order valence-electron chi connectivity index (χ2n) is 3.83. The van der Waals surface area contributed by atoms with E-state index in [2.05, 4.69) is 17.6 Å². The Balaban J connectivity index is 2.27. The average Bonchev–Trinajstić information content (AvgIpc) is 2.30. The number of benzene rings is 1. The minimum Gasteiger partial charge on any atom is -0.332 e. The molecule has 0 bridgehead atoms. The van der Waals surface area contributed by atoms with Gasteiger partial charge in [0, 0.05) is 12.1 Å². The van der Waals surface area contributed by atoms with Gasteiger partial charge in [0.25, 0.3) is 0 Å². The number of nitrogens with one attached hydrogen (secondary N) is 2. The summed E-state index contributed by atoms with van der Waals surface area (Å²) in [6.45, 7) is 2.11. The minimum absolute atomic E-state index is 0.0214. The fourth-order valence-corrected chi connectivity index (χ4v) is 1.64. The zero-order valence-corrected chi connectivity index (χ0v) is 10.8. The van der Waals surface area contributed by atoms with E-state index in [1.54, 1.807) is 0 Å². The largest absolute Gasteiger partial charge is 0.332 e. The highest BCUT2D eigenvalue weighted by Crippen LogP contribution is 2.04. The molecule has 0 aliphatic carbocycles. The van der Waals surface area contributed by atoms with Gasteiger partial charge in [-0.2, -0.15) is 0 Å². The quantitative estimate of drug-likeness (QED) is 0.623. The van der Waals surface area contributed by atoms with Gasteiger partial charge in [0.1, 0.15) is 0 Å². The fraction of sp³-hybridized carbons (Fsp3) is 0.385. The van der Waals surface area contributed by atoms with Crippen LogP contribution in [0.4, 0.5) is 5.69 Å².